The number of amides is 1. The molecule has 0 saturated heterocycles. The van der Waals surface area contributed by atoms with E-state index in [0.717, 1.165) is 23.1 Å². The molecule has 20 heavy (non-hydrogen) atoms. The summed E-state index contributed by atoms with van der Waals surface area (Å²) in [6.07, 6.45) is 4.51. The highest BCUT2D eigenvalue weighted by molar-refractivity contribution is 9.10. The third-order valence-electron chi connectivity index (χ3n) is 2.63. The minimum Gasteiger partial charge on any atom is -0.481 e. The van der Waals surface area contributed by atoms with Gasteiger partial charge in [0.05, 0.1) is 6.54 Å². The average molecular weight is 339 g/mol. The van der Waals surface area contributed by atoms with Crippen LogP contribution >= 0.6 is 15.9 Å². The molecule has 1 rings (SSSR count). The summed E-state index contributed by atoms with van der Waals surface area (Å²) < 4.78 is 6.63. The molecular weight excluding hydrogens is 320 g/mol. The number of carbonyl (C=O) groups excluding carboxylic acids is 1. The Labute approximate surface area is 128 Å². The molecule has 108 valence electrons. The number of benzene rings is 1. The number of carbonyl (C=O) groups is 1. The first-order valence-corrected chi connectivity index (χ1v) is 7.24. The Balaban J connectivity index is 2.67. The van der Waals surface area contributed by atoms with E-state index in [0.29, 0.717) is 5.75 Å². The Morgan fingerprint density at radius 2 is 2.30 bits per heavy atom. The van der Waals surface area contributed by atoms with E-state index in [1.807, 2.05) is 25.1 Å². The van der Waals surface area contributed by atoms with Gasteiger partial charge in [-0.25, -0.2) is 0 Å². The zero-order valence-corrected chi connectivity index (χ0v) is 13.3. The normalized spacial score (nSPS) is 11.5. The minimum absolute atomic E-state index is 0.207. The molecule has 5 heteroatoms. The Kier molecular flexibility index (Phi) is 7.13. The van der Waals surface area contributed by atoms with Crippen molar-refractivity contribution in [2.45, 2.75) is 26.5 Å². The van der Waals surface area contributed by atoms with Crippen molar-refractivity contribution < 1.29 is 9.53 Å². The van der Waals surface area contributed by atoms with Crippen molar-refractivity contribution >= 4 is 21.8 Å². The first-order valence-electron chi connectivity index (χ1n) is 6.45. The third kappa shape index (κ3) is 5.24. The van der Waals surface area contributed by atoms with Gasteiger partial charge in [-0.1, -0.05) is 28.8 Å². The van der Waals surface area contributed by atoms with Crippen LogP contribution in [0.5, 0.6) is 5.75 Å². The summed E-state index contributed by atoms with van der Waals surface area (Å²) in [5, 5.41) is 5.84. The maximum Gasteiger partial charge on any atom is 0.261 e. The van der Waals surface area contributed by atoms with E-state index in [1.54, 1.807) is 6.92 Å². The van der Waals surface area contributed by atoms with Crippen LogP contribution < -0.4 is 15.4 Å². The molecule has 0 aromatic heterocycles. The van der Waals surface area contributed by atoms with Gasteiger partial charge in [-0.2, -0.15) is 0 Å². The van der Waals surface area contributed by atoms with Crippen LogP contribution in [0.3, 0.4) is 0 Å². The molecular formula is C15H19BrN2O2. The summed E-state index contributed by atoms with van der Waals surface area (Å²) in [5.74, 6) is 2.79. The Morgan fingerprint density at radius 1 is 1.55 bits per heavy atom. The standard InChI is InChI=1S/C15H19BrN2O2/c1-4-8-18-15(19)11(3)20-13-6-7-14(16)12(9-13)10-17-5-2/h1,6-7,9,11,17H,5,8,10H2,2-3H3,(H,18,19). The highest BCUT2D eigenvalue weighted by Gasteiger charge is 2.14. The van der Waals surface area contributed by atoms with Gasteiger partial charge in [0.25, 0.3) is 5.91 Å². The first-order chi connectivity index (χ1) is 9.58. The third-order valence-corrected chi connectivity index (χ3v) is 3.40. The van der Waals surface area contributed by atoms with Crippen LogP contribution in [0.1, 0.15) is 19.4 Å². The monoisotopic (exact) mass is 338 g/mol. The molecule has 1 aromatic rings. The highest BCUT2D eigenvalue weighted by Crippen LogP contribution is 2.23. The summed E-state index contributed by atoms with van der Waals surface area (Å²) in [5.41, 5.74) is 1.08. The summed E-state index contributed by atoms with van der Waals surface area (Å²) in [4.78, 5) is 11.7. The number of terminal acetylenes is 1. The molecule has 1 aromatic carbocycles. The van der Waals surface area contributed by atoms with Gasteiger partial charge in [0, 0.05) is 11.0 Å². The van der Waals surface area contributed by atoms with Crippen molar-refractivity contribution in [3.8, 4) is 18.1 Å². The van der Waals surface area contributed by atoms with Crippen molar-refractivity contribution in [1.82, 2.24) is 10.6 Å². The van der Waals surface area contributed by atoms with E-state index in [9.17, 15) is 4.79 Å². The lowest BCUT2D eigenvalue weighted by molar-refractivity contribution is -0.126. The second kappa shape index (κ2) is 8.62. The fraction of sp³-hybridized carbons (Fsp3) is 0.400. The molecule has 2 N–H and O–H groups in total. The van der Waals surface area contributed by atoms with E-state index in [1.165, 1.54) is 0 Å². The summed E-state index contributed by atoms with van der Waals surface area (Å²) in [7, 11) is 0. The van der Waals surface area contributed by atoms with Gasteiger partial charge < -0.3 is 15.4 Å². The van der Waals surface area contributed by atoms with Crippen LogP contribution in [0, 0.1) is 12.3 Å². The van der Waals surface area contributed by atoms with Crippen LogP contribution in [0.4, 0.5) is 0 Å². The predicted molar refractivity (Wildman–Crippen MR) is 83.5 cm³/mol. The first kappa shape index (κ1) is 16.5. The average Bonchev–Trinajstić information content (AvgIpc) is 2.45. The van der Waals surface area contributed by atoms with Crippen molar-refractivity contribution in [2.75, 3.05) is 13.1 Å². The molecule has 0 aliphatic rings. The predicted octanol–water partition coefficient (Wildman–Crippen LogP) is 2.08. The summed E-state index contributed by atoms with van der Waals surface area (Å²) in [6.45, 7) is 5.58. The zero-order valence-electron chi connectivity index (χ0n) is 11.7. The maximum atomic E-state index is 11.7. The van der Waals surface area contributed by atoms with E-state index >= 15 is 0 Å². The van der Waals surface area contributed by atoms with Gasteiger partial charge >= 0.3 is 0 Å². The molecule has 1 unspecified atom stereocenters. The lowest BCUT2D eigenvalue weighted by atomic mass is 10.2. The molecule has 0 bridgehead atoms. The molecule has 0 heterocycles. The largest absolute Gasteiger partial charge is 0.481 e. The molecule has 0 aliphatic carbocycles. The quantitative estimate of drug-likeness (QED) is 0.748. The lowest BCUT2D eigenvalue weighted by Gasteiger charge is -2.15. The smallest absolute Gasteiger partial charge is 0.261 e. The van der Waals surface area contributed by atoms with Gasteiger partial charge in [-0.3, -0.25) is 4.79 Å². The number of hydrogen-bond acceptors (Lipinski definition) is 3. The van der Waals surface area contributed by atoms with E-state index in [4.69, 9.17) is 11.2 Å². The van der Waals surface area contributed by atoms with Crippen molar-refractivity contribution in [3.05, 3.63) is 28.2 Å². The Hall–Kier alpha value is -1.51. The minimum atomic E-state index is -0.587. The number of rotatable bonds is 7. The number of ether oxygens (including phenoxy) is 1. The summed E-state index contributed by atoms with van der Waals surface area (Å²) in [6, 6.07) is 5.65. The van der Waals surface area contributed by atoms with Crippen LogP contribution in [0.25, 0.3) is 0 Å². The molecule has 1 atom stereocenters. The van der Waals surface area contributed by atoms with Crippen LogP contribution in [-0.2, 0) is 11.3 Å². The van der Waals surface area contributed by atoms with Gasteiger partial charge in [0.1, 0.15) is 5.75 Å². The number of nitrogens with one attached hydrogen (secondary N) is 2. The second-order valence-corrected chi connectivity index (χ2v) is 5.07. The molecule has 1 amide bonds. The van der Waals surface area contributed by atoms with E-state index in [2.05, 4.69) is 32.5 Å². The fourth-order valence-electron chi connectivity index (χ4n) is 1.56. The fourth-order valence-corrected chi connectivity index (χ4v) is 1.95. The molecule has 0 saturated carbocycles. The molecule has 0 spiro atoms. The molecule has 4 nitrogen and oxygen atoms in total. The van der Waals surface area contributed by atoms with Crippen molar-refractivity contribution in [2.24, 2.45) is 0 Å². The van der Waals surface area contributed by atoms with Gasteiger partial charge in [-0.15, -0.1) is 6.42 Å². The second-order valence-electron chi connectivity index (χ2n) is 4.22. The maximum absolute atomic E-state index is 11.7. The van der Waals surface area contributed by atoms with E-state index in [-0.39, 0.29) is 12.5 Å². The SMILES string of the molecule is C#CCNC(=O)C(C)Oc1ccc(Br)c(CNCC)c1. The van der Waals surface area contributed by atoms with Gasteiger partial charge in [-0.05, 0) is 37.2 Å². The van der Waals surface area contributed by atoms with Gasteiger partial charge in [0.15, 0.2) is 6.10 Å². The Bertz CT molecular complexity index is 497. The molecule has 0 aliphatic heterocycles. The Morgan fingerprint density at radius 3 is 2.95 bits per heavy atom. The topological polar surface area (TPSA) is 50.4 Å². The summed E-state index contributed by atoms with van der Waals surface area (Å²) >= 11 is 3.49. The number of hydrogen-bond donors (Lipinski definition) is 2. The van der Waals surface area contributed by atoms with Crippen molar-refractivity contribution in [3.63, 3.8) is 0 Å². The van der Waals surface area contributed by atoms with Crippen molar-refractivity contribution in [1.29, 1.82) is 0 Å². The van der Waals surface area contributed by atoms with Crippen LogP contribution in [0.2, 0.25) is 0 Å². The van der Waals surface area contributed by atoms with Crippen LogP contribution in [-0.4, -0.2) is 25.1 Å². The molecule has 0 fully saturated rings. The molecule has 0 radical (unpaired) electrons. The van der Waals surface area contributed by atoms with Crippen LogP contribution in [0.15, 0.2) is 22.7 Å². The van der Waals surface area contributed by atoms with Gasteiger partial charge in [0.2, 0.25) is 0 Å². The highest BCUT2D eigenvalue weighted by atomic mass is 79.9. The lowest BCUT2D eigenvalue weighted by Crippen LogP contribution is -2.36. The zero-order chi connectivity index (χ0) is 15.0. The van der Waals surface area contributed by atoms with E-state index < -0.39 is 6.10 Å². The number of halogens is 1.